The number of carbonyl (C=O) groups excluding carboxylic acids is 1. The van der Waals surface area contributed by atoms with Crippen LogP contribution < -0.4 is 0 Å². The van der Waals surface area contributed by atoms with Crippen molar-refractivity contribution in [2.24, 2.45) is 0 Å². The van der Waals surface area contributed by atoms with E-state index in [4.69, 9.17) is 5.11 Å². The van der Waals surface area contributed by atoms with E-state index in [1.807, 2.05) is 0 Å². The number of rotatable bonds is 5. The first-order valence-corrected chi connectivity index (χ1v) is 5.22. The summed E-state index contributed by atoms with van der Waals surface area (Å²) in [6, 6.07) is 8.53. The average Bonchev–Trinajstić information content (AvgIpc) is 2.35. The molecule has 0 saturated carbocycles. The first-order valence-electron chi connectivity index (χ1n) is 5.22. The lowest BCUT2D eigenvalue weighted by Gasteiger charge is -2.20. The molecule has 1 rings (SSSR count). The Morgan fingerprint density at radius 3 is 2.41 bits per heavy atom. The molecule has 0 radical (unpaired) electrons. The fourth-order valence-electron chi connectivity index (χ4n) is 1.36. The van der Waals surface area contributed by atoms with Crippen LogP contribution in [0.5, 0.6) is 0 Å². The van der Waals surface area contributed by atoms with E-state index in [-0.39, 0.29) is 13.0 Å². The summed E-state index contributed by atoms with van der Waals surface area (Å²) in [6.45, 7) is 0.0814. The summed E-state index contributed by atoms with van der Waals surface area (Å²) in [7, 11) is 1.47. The number of aliphatic carboxylic acids is 1. The van der Waals surface area contributed by atoms with E-state index in [1.54, 1.807) is 30.3 Å². The Balaban J connectivity index is 2.60. The van der Waals surface area contributed by atoms with Crippen LogP contribution in [0.4, 0.5) is 0 Å². The Morgan fingerprint density at radius 2 is 1.88 bits per heavy atom. The van der Waals surface area contributed by atoms with Gasteiger partial charge in [0.05, 0.1) is 6.42 Å². The minimum atomic E-state index is -1.24. The Morgan fingerprint density at radius 1 is 1.29 bits per heavy atom. The monoisotopic (exact) mass is 237 g/mol. The average molecular weight is 237 g/mol. The van der Waals surface area contributed by atoms with Gasteiger partial charge in [0.15, 0.2) is 6.10 Å². The number of amides is 1. The van der Waals surface area contributed by atoms with E-state index < -0.39 is 18.0 Å². The van der Waals surface area contributed by atoms with E-state index in [0.29, 0.717) is 5.56 Å². The van der Waals surface area contributed by atoms with Gasteiger partial charge in [0, 0.05) is 13.6 Å². The molecule has 92 valence electrons. The molecule has 0 spiro atoms. The predicted octanol–water partition coefficient (Wildman–Crippen LogP) is 0.653. The van der Waals surface area contributed by atoms with Gasteiger partial charge in [-0.1, -0.05) is 30.3 Å². The van der Waals surface area contributed by atoms with Crippen LogP contribution in [0, 0.1) is 0 Å². The van der Waals surface area contributed by atoms with Gasteiger partial charge in [-0.2, -0.15) is 0 Å². The Hall–Kier alpha value is -1.88. The smallest absolute Gasteiger partial charge is 0.305 e. The third-order valence-corrected chi connectivity index (χ3v) is 2.39. The number of aliphatic hydroxyl groups is 1. The molecule has 0 unspecified atom stereocenters. The molecule has 1 aromatic rings. The number of carbonyl (C=O) groups is 2. The molecule has 5 nitrogen and oxygen atoms in total. The van der Waals surface area contributed by atoms with Crippen molar-refractivity contribution in [1.29, 1.82) is 0 Å². The minimum Gasteiger partial charge on any atom is -0.481 e. The van der Waals surface area contributed by atoms with Gasteiger partial charge in [0.25, 0.3) is 5.91 Å². The number of hydrogen-bond donors (Lipinski definition) is 2. The van der Waals surface area contributed by atoms with Gasteiger partial charge in [-0.15, -0.1) is 0 Å². The van der Waals surface area contributed by atoms with Gasteiger partial charge in [-0.25, -0.2) is 0 Å². The number of carboxylic acids is 1. The molecule has 0 aliphatic heterocycles. The highest BCUT2D eigenvalue weighted by atomic mass is 16.4. The normalized spacial score (nSPS) is 11.9. The van der Waals surface area contributed by atoms with Crippen molar-refractivity contribution in [1.82, 2.24) is 4.90 Å². The second kappa shape index (κ2) is 6.00. The lowest BCUT2D eigenvalue weighted by Crippen LogP contribution is -2.33. The minimum absolute atomic E-state index is 0.0814. The summed E-state index contributed by atoms with van der Waals surface area (Å²) in [5, 5.41) is 18.3. The highest BCUT2D eigenvalue weighted by Crippen LogP contribution is 2.14. The van der Waals surface area contributed by atoms with Gasteiger partial charge < -0.3 is 15.1 Å². The highest BCUT2D eigenvalue weighted by Gasteiger charge is 2.21. The molecule has 1 atom stereocenters. The summed E-state index contributed by atoms with van der Waals surface area (Å²) in [5.74, 6) is -1.48. The standard InChI is InChI=1S/C12H15NO4/c1-13(8-7-10(14)15)12(17)11(16)9-5-3-2-4-6-9/h2-6,11,16H,7-8H2,1H3,(H,14,15)/t11-/m0/s1. The molecule has 5 heteroatoms. The zero-order valence-electron chi connectivity index (χ0n) is 9.54. The lowest BCUT2D eigenvalue weighted by atomic mass is 10.1. The fourth-order valence-corrected chi connectivity index (χ4v) is 1.36. The van der Waals surface area contributed by atoms with Crippen molar-refractivity contribution < 1.29 is 19.8 Å². The summed E-state index contributed by atoms with van der Waals surface area (Å²) >= 11 is 0. The van der Waals surface area contributed by atoms with Crippen LogP contribution in [0.15, 0.2) is 30.3 Å². The second-order valence-corrected chi connectivity index (χ2v) is 3.72. The molecule has 0 bridgehead atoms. The molecule has 1 aromatic carbocycles. The molecular weight excluding hydrogens is 222 g/mol. The Labute approximate surface area is 99.3 Å². The molecule has 17 heavy (non-hydrogen) atoms. The number of carboxylic acid groups (broad SMARTS) is 1. The Kier molecular flexibility index (Phi) is 4.66. The molecule has 0 saturated heterocycles. The van der Waals surface area contributed by atoms with Gasteiger partial charge in [0.1, 0.15) is 0 Å². The van der Waals surface area contributed by atoms with E-state index in [1.165, 1.54) is 11.9 Å². The molecule has 0 aromatic heterocycles. The zero-order chi connectivity index (χ0) is 12.8. The van der Waals surface area contributed by atoms with E-state index in [9.17, 15) is 14.7 Å². The van der Waals surface area contributed by atoms with Crippen LogP contribution >= 0.6 is 0 Å². The number of hydrogen-bond acceptors (Lipinski definition) is 3. The van der Waals surface area contributed by atoms with Crippen LogP contribution in [-0.4, -0.2) is 40.6 Å². The SMILES string of the molecule is CN(CCC(=O)O)C(=O)[C@@H](O)c1ccccc1. The number of benzene rings is 1. The Bertz CT molecular complexity index is 391. The van der Waals surface area contributed by atoms with Gasteiger partial charge in [-0.3, -0.25) is 9.59 Å². The maximum Gasteiger partial charge on any atom is 0.305 e. The zero-order valence-corrected chi connectivity index (χ0v) is 9.54. The fraction of sp³-hybridized carbons (Fsp3) is 0.333. The van der Waals surface area contributed by atoms with Crippen molar-refractivity contribution >= 4 is 11.9 Å². The molecule has 1 amide bonds. The van der Waals surface area contributed by atoms with Crippen molar-refractivity contribution in [2.45, 2.75) is 12.5 Å². The van der Waals surface area contributed by atoms with Crippen LogP contribution in [0.1, 0.15) is 18.1 Å². The van der Waals surface area contributed by atoms with Gasteiger partial charge >= 0.3 is 5.97 Å². The summed E-state index contributed by atoms with van der Waals surface area (Å²) < 4.78 is 0. The van der Waals surface area contributed by atoms with Crippen molar-refractivity contribution in [2.75, 3.05) is 13.6 Å². The molecule has 0 aliphatic rings. The van der Waals surface area contributed by atoms with Crippen LogP contribution in [0.25, 0.3) is 0 Å². The van der Waals surface area contributed by atoms with Crippen LogP contribution in [-0.2, 0) is 9.59 Å². The first kappa shape index (κ1) is 13.2. The van der Waals surface area contributed by atoms with Crippen molar-refractivity contribution in [3.63, 3.8) is 0 Å². The quantitative estimate of drug-likeness (QED) is 0.788. The summed E-state index contributed by atoms with van der Waals surface area (Å²) in [6.07, 6.45) is -1.38. The van der Waals surface area contributed by atoms with Gasteiger partial charge in [0.2, 0.25) is 0 Å². The van der Waals surface area contributed by atoms with Gasteiger partial charge in [-0.05, 0) is 5.56 Å². The number of likely N-dealkylation sites (N-methyl/N-ethyl adjacent to an activating group) is 1. The number of nitrogens with zero attached hydrogens (tertiary/aromatic N) is 1. The van der Waals surface area contributed by atoms with Crippen LogP contribution in [0.3, 0.4) is 0 Å². The molecular formula is C12H15NO4. The number of aliphatic hydroxyl groups excluding tert-OH is 1. The molecule has 0 heterocycles. The third-order valence-electron chi connectivity index (χ3n) is 2.39. The predicted molar refractivity (Wildman–Crippen MR) is 61.3 cm³/mol. The second-order valence-electron chi connectivity index (χ2n) is 3.72. The molecule has 2 N–H and O–H groups in total. The van der Waals surface area contributed by atoms with E-state index in [0.717, 1.165) is 0 Å². The third kappa shape index (κ3) is 3.88. The summed E-state index contributed by atoms with van der Waals surface area (Å²) in [5.41, 5.74) is 0.500. The van der Waals surface area contributed by atoms with Crippen molar-refractivity contribution in [3.05, 3.63) is 35.9 Å². The largest absolute Gasteiger partial charge is 0.481 e. The van der Waals surface area contributed by atoms with E-state index in [2.05, 4.69) is 0 Å². The highest BCUT2D eigenvalue weighted by molar-refractivity contribution is 5.82. The summed E-state index contributed by atoms with van der Waals surface area (Å²) in [4.78, 5) is 23.3. The maximum atomic E-state index is 11.7. The van der Waals surface area contributed by atoms with Crippen molar-refractivity contribution in [3.8, 4) is 0 Å². The topological polar surface area (TPSA) is 77.8 Å². The lowest BCUT2D eigenvalue weighted by molar-refractivity contribution is -0.141. The first-order chi connectivity index (χ1) is 8.02. The molecule has 0 fully saturated rings. The van der Waals surface area contributed by atoms with E-state index >= 15 is 0 Å². The molecule has 0 aliphatic carbocycles. The maximum absolute atomic E-state index is 11.7. The van der Waals surface area contributed by atoms with Crippen LogP contribution in [0.2, 0.25) is 0 Å².